The Labute approximate surface area is 177 Å². The molecule has 0 saturated carbocycles. The maximum atomic E-state index is 12.3. The molecule has 13 heteroatoms. The van der Waals surface area contributed by atoms with Crippen LogP contribution < -0.4 is 34.9 Å². The Bertz CT molecular complexity index is 836. The van der Waals surface area contributed by atoms with Crippen LogP contribution in [-0.2, 0) is 25.9 Å². The third-order valence-corrected chi connectivity index (χ3v) is 4.53. The maximum Gasteiger partial charge on any atom is 1.00 e. The second-order valence-corrected chi connectivity index (χ2v) is 6.96. The number of pyridine rings is 1. The van der Waals surface area contributed by atoms with Crippen molar-refractivity contribution in [2.24, 2.45) is 0 Å². The van der Waals surface area contributed by atoms with Crippen molar-refractivity contribution in [3.05, 3.63) is 30.1 Å². The van der Waals surface area contributed by atoms with Crippen molar-refractivity contribution in [1.82, 2.24) is 20.3 Å². The van der Waals surface area contributed by atoms with Gasteiger partial charge in [0.15, 0.2) is 0 Å². The Balaban J connectivity index is 0.00000261. The molecule has 3 rings (SSSR count). The Morgan fingerprint density at radius 2 is 2.19 bits per heavy atom. The minimum atomic E-state index is -5.07. The molecule has 3 heterocycles. The zero-order valence-corrected chi connectivity index (χ0v) is 17.3. The Hall–Kier alpha value is -1.57. The molecule has 2 saturated heterocycles. The van der Waals surface area contributed by atoms with E-state index in [0.29, 0.717) is 23.5 Å². The van der Waals surface area contributed by atoms with Crippen molar-refractivity contribution in [3.63, 3.8) is 0 Å². The number of hydrogen-bond donors (Lipinski definition) is 2. The summed E-state index contributed by atoms with van der Waals surface area (Å²) in [6, 6.07) is 1.30. The molecule has 2 atom stereocenters. The third kappa shape index (κ3) is 5.24. The fourth-order valence-corrected chi connectivity index (χ4v) is 3.48. The van der Waals surface area contributed by atoms with E-state index in [1.165, 1.54) is 11.1 Å². The van der Waals surface area contributed by atoms with Gasteiger partial charge in [0.2, 0.25) is 16.3 Å². The summed E-state index contributed by atoms with van der Waals surface area (Å²) in [4.78, 5) is 29.4. The van der Waals surface area contributed by atoms with Gasteiger partial charge in [-0.3, -0.25) is 15.2 Å². The van der Waals surface area contributed by atoms with Crippen molar-refractivity contribution in [2.45, 2.75) is 31.3 Å². The van der Waals surface area contributed by atoms with Gasteiger partial charge >= 0.3 is 35.6 Å². The van der Waals surface area contributed by atoms with E-state index in [0.717, 1.165) is 0 Å². The molecule has 0 unspecified atom stereocenters. The molecule has 0 aromatic carbocycles. The van der Waals surface area contributed by atoms with Crippen molar-refractivity contribution >= 4 is 28.2 Å². The van der Waals surface area contributed by atoms with E-state index in [1.54, 1.807) is 18.3 Å². The van der Waals surface area contributed by atoms with Gasteiger partial charge in [-0.2, -0.15) is 9.35 Å². The van der Waals surface area contributed by atoms with Crippen molar-refractivity contribution in [3.8, 4) is 0 Å². The normalized spacial score (nSPS) is 21.6. The van der Waals surface area contributed by atoms with Crippen LogP contribution in [0.1, 0.15) is 18.4 Å². The molecule has 1 aromatic rings. The molecule has 2 N–H and O–H groups in total. The molecule has 2 fully saturated rings. The van der Waals surface area contributed by atoms with Gasteiger partial charge in [-0.1, -0.05) is 6.07 Å². The molecule has 2 bridgehead atoms. The van der Waals surface area contributed by atoms with Gasteiger partial charge in [0.1, 0.15) is 5.84 Å². The molecule has 2 aliphatic rings. The maximum absolute atomic E-state index is 12.3. The number of aromatic nitrogens is 1. The number of urea groups is 1. The van der Waals surface area contributed by atoms with Crippen LogP contribution in [0.4, 0.5) is 4.79 Å². The van der Waals surface area contributed by atoms with E-state index in [2.05, 4.69) is 14.6 Å². The van der Waals surface area contributed by atoms with Crippen LogP contribution in [0.3, 0.4) is 0 Å². The van der Waals surface area contributed by atoms with Gasteiger partial charge in [0.05, 0.1) is 18.5 Å². The molecule has 3 amide bonds. The van der Waals surface area contributed by atoms with Gasteiger partial charge in [0, 0.05) is 18.9 Å². The Morgan fingerprint density at radius 1 is 1.44 bits per heavy atom. The topological polar surface area (TPSA) is 156 Å². The van der Waals surface area contributed by atoms with Crippen LogP contribution in [0, 0.1) is 5.41 Å². The number of hydrogen-bond acceptors (Lipinski definition) is 8. The molecule has 2 aliphatic heterocycles. The van der Waals surface area contributed by atoms with E-state index in [9.17, 15) is 22.6 Å². The summed E-state index contributed by atoms with van der Waals surface area (Å²) in [5.74, 6) is -0.593. The second kappa shape index (κ2) is 8.63. The summed E-state index contributed by atoms with van der Waals surface area (Å²) in [6.07, 6.45) is 3.82. The summed E-state index contributed by atoms with van der Waals surface area (Å²) in [7, 11) is -5.07. The fraction of sp³-hybridized carbons (Fsp3) is 0.429. The second-order valence-electron chi connectivity index (χ2n) is 5.99. The monoisotopic (exact) mass is 405 g/mol. The van der Waals surface area contributed by atoms with Crippen molar-refractivity contribution in [1.29, 1.82) is 5.41 Å². The average molecular weight is 405 g/mol. The standard InChI is InChI=1S/C14H17N5O6S.Na/c15-13(17-12(20)6-9-2-1-5-16-7-9)11-4-3-10-8-18(11)14(21)19(10)25-26(22,23)24;/h1-2,5,7,10-11H,3-4,6,8H2,(H2,15,17,20)(H,22,23,24);/q;+1/p-1/t10-,11+;/m1./s1. The summed E-state index contributed by atoms with van der Waals surface area (Å²) in [5, 5.41) is 11.1. The molecule has 0 aliphatic carbocycles. The first-order valence-corrected chi connectivity index (χ1v) is 9.10. The summed E-state index contributed by atoms with van der Waals surface area (Å²) < 4.78 is 36.5. The first kappa shape index (κ1) is 21.7. The van der Waals surface area contributed by atoms with Gasteiger partial charge in [-0.15, -0.1) is 0 Å². The number of hydroxylamine groups is 2. The molecule has 11 nitrogen and oxygen atoms in total. The predicted octanol–water partition coefficient (Wildman–Crippen LogP) is -3.62. The number of rotatable bonds is 5. The summed E-state index contributed by atoms with van der Waals surface area (Å²) in [6.45, 7) is 0.111. The van der Waals surface area contributed by atoms with Crippen molar-refractivity contribution in [2.75, 3.05) is 6.54 Å². The number of piperidine rings is 1. The quantitative estimate of drug-likeness (QED) is 0.168. The number of fused-ring (bicyclic) bond motifs is 2. The molecule has 0 radical (unpaired) electrons. The predicted molar refractivity (Wildman–Crippen MR) is 85.3 cm³/mol. The van der Waals surface area contributed by atoms with Crippen molar-refractivity contribution < 1.29 is 56.4 Å². The van der Waals surface area contributed by atoms with Crippen LogP contribution in [0.15, 0.2) is 24.5 Å². The number of carbonyl (C=O) groups excluding carboxylic acids is 2. The smallest absolute Gasteiger partial charge is 0.724 e. The van der Waals surface area contributed by atoms with E-state index >= 15 is 0 Å². The van der Waals surface area contributed by atoms with Gasteiger partial charge in [0.25, 0.3) is 0 Å². The minimum absolute atomic E-state index is 0. The summed E-state index contributed by atoms with van der Waals surface area (Å²) >= 11 is 0. The first-order valence-electron chi connectivity index (χ1n) is 7.77. The fourth-order valence-electron chi connectivity index (χ4n) is 3.09. The molecular weight excluding hydrogens is 389 g/mol. The van der Waals surface area contributed by atoms with Gasteiger partial charge in [-0.05, 0) is 24.5 Å². The largest absolute Gasteiger partial charge is 1.00 e. The van der Waals surface area contributed by atoms with Crippen LogP contribution >= 0.6 is 0 Å². The Kier molecular flexibility index (Phi) is 6.94. The number of amidine groups is 1. The zero-order valence-electron chi connectivity index (χ0n) is 14.5. The van der Waals surface area contributed by atoms with E-state index in [4.69, 9.17) is 5.41 Å². The number of carbonyl (C=O) groups is 2. The van der Waals surface area contributed by atoms with E-state index in [1.807, 2.05) is 0 Å². The van der Waals surface area contributed by atoms with Gasteiger partial charge in [-0.25, -0.2) is 13.2 Å². The zero-order chi connectivity index (χ0) is 18.9. The summed E-state index contributed by atoms with van der Waals surface area (Å²) in [5.41, 5.74) is 0.680. The van der Waals surface area contributed by atoms with Crippen LogP contribution in [0.5, 0.6) is 0 Å². The number of amides is 3. The Morgan fingerprint density at radius 3 is 2.81 bits per heavy atom. The molecular formula is C14H16N5NaO6S. The van der Waals surface area contributed by atoms with E-state index < -0.39 is 34.4 Å². The van der Waals surface area contributed by atoms with Crippen LogP contribution in [0.2, 0.25) is 0 Å². The average Bonchev–Trinajstić information content (AvgIpc) is 2.79. The SMILES string of the molecule is N=C(NC(=O)Cc1cccnc1)[C@@H]1CC[C@@H]2CN1C(=O)N2OS(=O)(=O)[O-].[Na+]. The molecule has 140 valence electrons. The molecule has 27 heavy (non-hydrogen) atoms. The number of nitrogens with one attached hydrogen (secondary N) is 2. The molecule has 1 aromatic heterocycles. The minimum Gasteiger partial charge on any atom is -0.724 e. The van der Waals surface area contributed by atoms with Gasteiger partial charge < -0.3 is 14.8 Å². The number of nitrogens with zero attached hydrogens (tertiary/aromatic N) is 3. The van der Waals surface area contributed by atoms with Crippen LogP contribution in [-0.4, -0.2) is 64.3 Å². The molecule has 0 spiro atoms. The first-order chi connectivity index (χ1) is 12.2. The van der Waals surface area contributed by atoms with Crippen LogP contribution in [0.25, 0.3) is 0 Å². The van der Waals surface area contributed by atoms with E-state index in [-0.39, 0.29) is 48.4 Å². The third-order valence-electron chi connectivity index (χ3n) is 4.19.